The molecule has 0 aliphatic carbocycles. The van der Waals surface area contributed by atoms with Gasteiger partial charge in [-0.1, -0.05) is 61.3 Å². The number of fused-ring (bicyclic) bond motifs is 1. The van der Waals surface area contributed by atoms with Crippen molar-refractivity contribution in [1.82, 2.24) is 19.7 Å². The Kier molecular flexibility index (Phi) is 7.03. The molecule has 4 aromatic rings. The Morgan fingerprint density at radius 1 is 1.20 bits per heavy atom. The fraction of sp³-hybridized carbons (Fsp3) is 0.269. The Bertz CT molecular complexity index is 1420. The summed E-state index contributed by atoms with van der Waals surface area (Å²) in [5.41, 5.74) is 1.03. The molecule has 2 aromatic heterocycles. The summed E-state index contributed by atoms with van der Waals surface area (Å²) in [6, 6.07) is 12.6. The number of aromatic nitrogens is 4. The van der Waals surface area contributed by atoms with Crippen molar-refractivity contribution < 1.29 is 9.84 Å². The lowest BCUT2D eigenvalue weighted by Gasteiger charge is -2.19. The largest absolute Gasteiger partial charge is 0.490 e. The van der Waals surface area contributed by atoms with Crippen molar-refractivity contribution in [2.24, 2.45) is 0 Å². The summed E-state index contributed by atoms with van der Waals surface area (Å²) in [4.78, 5) is 20.8. The number of H-pyrrole nitrogens is 1. The lowest BCUT2D eigenvalue weighted by molar-refractivity contribution is 0.0547. The number of nitrogens with one attached hydrogen (secondary N) is 1. The van der Waals surface area contributed by atoms with Crippen molar-refractivity contribution in [2.45, 2.75) is 38.7 Å². The van der Waals surface area contributed by atoms with Crippen molar-refractivity contribution in [3.8, 4) is 11.4 Å². The van der Waals surface area contributed by atoms with E-state index in [1.807, 2.05) is 26.0 Å². The third-order valence-corrected chi connectivity index (χ3v) is 6.19. The van der Waals surface area contributed by atoms with Gasteiger partial charge < -0.3 is 14.8 Å². The third-order valence-electron chi connectivity index (χ3n) is 5.58. The molecule has 1 atom stereocenters. The molecule has 2 heterocycles. The monoisotopic (exact) mass is 512 g/mol. The summed E-state index contributed by atoms with van der Waals surface area (Å²) >= 11 is 12.9. The molecule has 2 N–H and O–H groups in total. The number of benzene rings is 2. The number of rotatable bonds is 8. The van der Waals surface area contributed by atoms with Gasteiger partial charge in [0, 0.05) is 6.42 Å². The molecule has 0 saturated heterocycles. The molecule has 0 aliphatic heterocycles. The van der Waals surface area contributed by atoms with E-state index in [1.54, 1.807) is 41.9 Å². The highest BCUT2D eigenvalue weighted by Gasteiger charge is 2.22. The zero-order chi connectivity index (χ0) is 25.3. The van der Waals surface area contributed by atoms with Gasteiger partial charge in [0.05, 0.1) is 15.7 Å². The Morgan fingerprint density at radius 2 is 1.86 bits per heavy atom. The van der Waals surface area contributed by atoms with Gasteiger partial charge in [0.25, 0.3) is 5.56 Å². The molecule has 0 fully saturated rings. The standard InChI is InChI=1S/C26H26Cl2N4O3/c1-5-26(4,34)14-35-17-11-9-16(10-12-17)13-20-29-24-21(25(33)30-20)22(15(2)3)31-32(24)23-18(27)7-6-8-19(23)28/h5-12,15,34H,1,13-14H2,2-4H3,(H,29,30,33). The van der Waals surface area contributed by atoms with E-state index in [0.29, 0.717) is 50.5 Å². The predicted molar refractivity (Wildman–Crippen MR) is 139 cm³/mol. The van der Waals surface area contributed by atoms with E-state index in [9.17, 15) is 9.90 Å². The van der Waals surface area contributed by atoms with Crippen LogP contribution in [0.15, 0.2) is 59.9 Å². The number of para-hydroxylation sites is 1. The normalized spacial score (nSPS) is 13.2. The van der Waals surface area contributed by atoms with Crippen molar-refractivity contribution >= 4 is 34.2 Å². The fourth-order valence-corrected chi connectivity index (χ4v) is 4.17. The zero-order valence-electron chi connectivity index (χ0n) is 19.7. The Labute approximate surface area is 213 Å². The van der Waals surface area contributed by atoms with E-state index in [2.05, 4.69) is 16.7 Å². The maximum absolute atomic E-state index is 13.1. The van der Waals surface area contributed by atoms with E-state index in [0.717, 1.165) is 5.56 Å². The van der Waals surface area contributed by atoms with Gasteiger partial charge in [0.15, 0.2) is 5.65 Å². The smallest absolute Gasteiger partial charge is 0.262 e. The molecule has 7 nitrogen and oxygen atoms in total. The molecule has 182 valence electrons. The molecule has 4 rings (SSSR count). The predicted octanol–water partition coefficient (Wildman–Crippen LogP) is 5.45. The highest BCUT2D eigenvalue weighted by Crippen LogP contribution is 2.32. The van der Waals surface area contributed by atoms with Crippen molar-refractivity contribution in [2.75, 3.05) is 6.61 Å². The average Bonchev–Trinajstić information content (AvgIpc) is 3.19. The molecule has 0 spiro atoms. The molecule has 9 heteroatoms. The fourth-order valence-electron chi connectivity index (χ4n) is 3.62. The van der Waals surface area contributed by atoms with Gasteiger partial charge in [-0.2, -0.15) is 5.10 Å². The van der Waals surface area contributed by atoms with Gasteiger partial charge in [0.1, 0.15) is 34.9 Å². The molecular formula is C26H26Cl2N4O3. The lowest BCUT2D eigenvalue weighted by atomic mass is 10.1. The van der Waals surface area contributed by atoms with Gasteiger partial charge in [-0.3, -0.25) is 4.79 Å². The average molecular weight is 513 g/mol. The van der Waals surface area contributed by atoms with Gasteiger partial charge in [-0.25, -0.2) is 9.67 Å². The van der Waals surface area contributed by atoms with Crippen LogP contribution in [-0.2, 0) is 6.42 Å². The van der Waals surface area contributed by atoms with E-state index in [-0.39, 0.29) is 18.1 Å². The first-order chi connectivity index (χ1) is 16.6. The van der Waals surface area contributed by atoms with Crippen LogP contribution in [0.5, 0.6) is 5.75 Å². The lowest BCUT2D eigenvalue weighted by Crippen LogP contribution is -2.29. The summed E-state index contributed by atoms with van der Waals surface area (Å²) in [7, 11) is 0. The second-order valence-corrected chi connectivity index (χ2v) is 9.72. The number of ether oxygens (including phenoxy) is 1. The molecule has 0 bridgehead atoms. The minimum atomic E-state index is -1.11. The second-order valence-electron chi connectivity index (χ2n) is 8.90. The Morgan fingerprint density at radius 3 is 2.46 bits per heavy atom. The SMILES string of the molecule is C=CC(C)(O)COc1ccc(Cc2nc3c(c(C(C)C)nn3-c3c(Cl)cccc3Cl)c(=O)[nH]2)cc1. The minimum absolute atomic E-state index is 0.0109. The number of hydrogen-bond donors (Lipinski definition) is 2. The Hall–Kier alpha value is -3.13. The van der Waals surface area contributed by atoms with Crippen molar-refractivity contribution in [3.63, 3.8) is 0 Å². The summed E-state index contributed by atoms with van der Waals surface area (Å²) < 4.78 is 7.18. The Balaban J connectivity index is 1.71. The van der Waals surface area contributed by atoms with Crippen molar-refractivity contribution in [1.29, 1.82) is 0 Å². The first-order valence-corrected chi connectivity index (χ1v) is 11.9. The number of halogens is 2. The summed E-state index contributed by atoms with van der Waals surface area (Å²) in [5.74, 6) is 1.08. The third kappa shape index (κ3) is 5.27. The summed E-state index contributed by atoms with van der Waals surface area (Å²) in [6.45, 7) is 9.24. The maximum Gasteiger partial charge on any atom is 0.262 e. The van der Waals surface area contributed by atoms with E-state index in [1.165, 1.54) is 6.08 Å². The van der Waals surface area contributed by atoms with Crippen LogP contribution >= 0.6 is 23.2 Å². The number of aromatic amines is 1. The first-order valence-electron chi connectivity index (χ1n) is 11.1. The molecule has 2 aromatic carbocycles. The molecule has 0 aliphatic rings. The zero-order valence-corrected chi connectivity index (χ0v) is 21.2. The topological polar surface area (TPSA) is 93.0 Å². The number of hydrogen-bond acceptors (Lipinski definition) is 5. The van der Waals surface area contributed by atoms with Crippen molar-refractivity contribution in [3.05, 3.63) is 92.6 Å². The highest BCUT2D eigenvalue weighted by molar-refractivity contribution is 6.37. The molecule has 35 heavy (non-hydrogen) atoms. The molecular weight excluding hydrogens is 487 g/mol. The second kappa shape index (κ2) is 9.85. The van der Waals surface area contributed by atoms with Crippen LogP contribution in [0.4, 0.5) is 0 Å². The number of nitrogens with zero attached hydrogens (tertiary/aromatic N) is 3. The minimum Gasteiger partial charge on any atom is -0.490 e. The van der Waals surface area contributed by atoms with Gasteiger partial charge in [-0.05, 0) is 42.7 Å². The molecule has 1 unspecified atom stereocenters. The molecule has 0 amide bonds. The summed E-state index contributed by atoms with van der Waals surface area (Å²) in [5, 5.41) is 15.9. The van der Waals surface area contributed by atoms with E-state index < -0.39 is 5.60 Å². The van der Waals surface area contributed by atoms with Gasteiger partial charge >= 0.3 is 0 Å². The van der Waals surface area contributed by atoms with Crippen LogP contribution in [0.1, 0.15) is 43.8 Å². The van der Waals surface area contributed by atoms with Crippen LogP contribution in [0.2, 0.25) is 10.0 Å². The van der Waals surface area contributed by atoms with E-state index >= 15 is 0 Å². The first kappa shape index (κ1) is 25.0. The summed E-state index contributed by atoms with van der Waals surface area (Å²) in [6.07, 6.45) is 1.82. The van der Waals surface area contributed by atoms with Crippen LogP contribution < -0.4 is 10.3 Å². The highest BCUT2D eigenvalue weighted by atomic mass is 35.5. The van der Waals surface area contributed by atoms with Crippen LogP contribution in [0.3, 0.4) is 0 Å². The van der Waals surface area contributed by atoms with Crippen LogP contribution in [0.25, 0.3) is 16.7 Å². The van der Waals surface area contributed by atoms with E-state index in [4.69, 9.17) is 32.9 Å². The quantitative estimate of drug-likeness (QED) is 0.306. The van der Waals surface area contributed by atoms with Gasteiger partial charge in [-0.15, -0.1) is 6.58 Å². The van der Waals surface area contributed by atoms with Crippen LogP contribution in [-0.4, -0.2) is 37.1 Å². The number of aliphatic hydroxyl groups is 1. The maximum atomic E-state index is 13.1. The van der Waals surface area contributed by atoms with Crippen LogP contribution in [0, 0.1) is 0 Å². The van der Waals surface area contributed by atoms with Gasteiger partial charge in [0.2, 0.25) is 0 Å². The molecule has 0 radical (unpaired) electrons. The molecule has 0 saturated carbocycles.